The fourth-order valence-electron chi connectivity index (χ4n) is 2.87. The van der Waals surface area contributed by atoms with Crippen molar-refractivity contribution in [1.82, 2.24) is 4.98 Å². The molecule has 0 amide bonds. The third-order valence-corrected chi connectivity index (χ3v) is 6.61. The lowest BCUT2D eigenvalue weighted by molar-refractivity contribution is 0.486. The minimum atomic E-state index is -3.91. The van der Waals surface area contributed by atoms with Gasteiger partial charge in [0.15, 0.2) is 0 Å². The Kier molecular flexibility index (Phi) is 6.34. The van der Waals surface area contributed by atoms with Crippen LogP contribution in [0.5, 0.6) is 5.75 Å². The van der Waals surface area contributed by atoms with E-state index in [2.05, 4.69) is 15.5 Å². The van der Waals surface area contributed by atoms with Gasteiger partial charge in [0, 0.05) is 10.9 Å². The highest BCUT2D eigenvalue weighted by molar-refractivity contribution is 7.87. The zero-order valence-corrected chi connectivity index (χ0v) is 19.2. The number of hydrogen-bond donors (Lipinski definition) is 1. The van der Waals surface area contributed by atoms with Crippen molar-refractivity contribution >= 4 is 32.8 Å². The number of thiazole rings is 1. The molecule has 1 aromatic heterocycles. The normalized spacial score (nSPS) is 11.6. The lowest BCUT2D eigenvalue weighted by Crippen LogP contribution is -2.09. The maximum Gasteiger partial charge on any atom is 0.339 e. The summed E-state index contributed by atoms with van der Waals surface area (Å²) in [5.74, 6) is 0.213. The molecular weight excluding hydrogens is 442 g/mol. The van der Waals surface area contributed by atoms with Crippen molar-refractivity contribution in [2.75, 3.05) is 5.43 Å². The highest BCUT2D eigenvalue weighted by Gasteiger charge is 2.16. The molecule has 6 nitrogen and oxygen atoms in total. The van der Waals surface area contributed by atoms with E-state index in [1.165, 1.54) is 29.0 Å². The predicted molar refractivity (Wildman–Crippen MR) is 129 cm³/mol. The summed E-state index contributed by atoms with van der Waals surface area (Å²) in [7, 11) is -3.91. The van der Waals surface area contributed by atoms with E-state index >= 15 is 0 Å². The fraction of sp³-hybridized carbons (Fsp3) is 0.0833. The maximum atomic E-state index is 12.5. The minimum Gasteiger partial charge on any atom is -0.379 e. The molecule has 0 saturated carbocycles. The molecule has 1 N–H and O–H groups in total. The van der Waals surface area contributed by atoms with Gasteiger partial charge in [-0.05, 0) is 43.7 Å². The first kappa shape index (κ1) is 21.7. The molecule has 0 radical (unpaired) electrons. The average molecular weight is 464 g/mol. The van der Waals surface area contributed by atoms with Crippen molar-refractivity contribution in [2.24, 2.45) is 5.10 Å². The van der Waals surface area contributed by atoms with Gasteiger partial charge in [-0.2, -0.15) is 13.5 Å². The summed E-state index contributed by atoms with van der Waals surface area (Å²) in [6.07, 6.45) is 1.58. The van der Waals surface area contributed by atoms with Crippen LogP contribution in [0.3, 0.4) is 0 Å². The van der Waals surface area contributed by atoms with E-state index in [9.17, 15) is 8.42 Å². The van der Waals surface area contributed by atoms with Gasteiger partial charge in [0.2, 0.25) is 5.13 Å². The number of nitrogens with zero attached hydrogens (tertiary/aromatic N) is 2. The predicted octanol–water partition coefficient (Wildman–Crippen LogP) is 5.64. The molecule has 0 fully saturated rings. The van der Waals surface area contributed by atoms with Gasteiger partial charge in [0.1, 0.15) is 10.6 Å². The minimum absolute atomic E-state index is 0.108. The molecule has 0 aliphatic heterocycles. The number of benzene rings is 3. The molecule has 0 saturated heterocycles. The molecule has 0 bridgehead atoms. The Balaban J connectivity index is 1.42. The summed E-state index contributed by atoms with van der Waals surface area (Å²) in [5.41, 5.74) is 7.69. The summed E-state index contributed by atoms with van der Waals surface area (Å²) < 4.78 is 30.2. The average Bonchev–Trinajstić information content (AvgIpc) is 3.23. The van der Waals surface area contributed by atoms with Crippen molar-refractivity contribution in [3.05, 3.63) is 94.9 Å². The largest absolute Gasteiger partial charge is 0.379 e. The van der Waals surface area contributed by atoms with Crippen molar-refractivity contribution in [3.63, 3.8) is 0 Å². The number of aromatic nitrogens is 1. The monoisotopic (exact) mass is 463 g/mol. The molecule has 0 aliphatic rings. The first-order chi connectivity index (χ1) is 15.4. The van der Waals surface area contributed by atoms with Crippen molar-refractivity contribution in [3.8, 4) is 17.0 Å². The Hall–Kier alpha value is -3.49. The second-order valence-corrected chi connectivity index (χ2v) is 9.60. The molecule has 162 valence electrons. The van der Waals surface area contributed by atoms with E-state index in [1.807, 2.05) is 43.5 Å². The van der Waals surface area contributed by atoms with Crippen LogP contribution in [-0.2, 0) is 10.1 Å². The quantitative estimate of drug-likeness (QED) is 0.218. The van der Waals surface area contributed by atoms with Crippen LogP contribution >= 0.6 is 11.3 Å². The van der Waals surface area contributed by atoms with Gasteiger partial charge in [-0.15, -0.1) is 11.3 Å². The Morgan fingerprint density at radius 2 is 1.66 bits per heavy atom. The van der Waals surface area contributed by atoms with E-state index in [0.29, 0.717) is 10.7 Å². The van der Waals surface area contributed by atoms with Crippen molar-refractivity contribution < 1.29 is 12.6 Å². The van der Waals surface area contributed by atoms with Crippen LogP contribution in [0, 0.1) is 13.8 Å². The molecule has 0 aliphatic carbocycles. The Bertz CT molecular complexity index is 1340. The van der Waals surface area contributed by atoms with E-state index in [-0.39, 0.29) is 10.6 Å². The molecule has 0 spiro atoms. The summed E-state index contributed by atoms with van der Waals surface area (Å²) in [5, 5.41) is 6.83. The van der Waals surface area contributed by atoms with Gasteiger partial charge in [0.25, 0.3) is 0 Å². The molecule has 0 unspecified atom stereocenters. The molecule has 4 rings (SSSR count). The maximum absolute atomic E-state index is 12.5. The summed E-state index contributed by atoms with van der Waals surface area (Å²) >= 11 is 1.45. The molecule has 3 aromatic carbocycles. The first-order valence-electron chi connectivity index (χ1n) is 9.82. The van der Waals surface area contributed by atoms with E-state index in [1.54, 1.807) is 42.6 Å². The van der Waals surface area contributed by atoms with Crippen molar-refractivity contribution in [1.29, 1.82) is 0 Å². The van der Waals surface area contributed by atoms with Crippen LogP contribution in [-0.4, -0.2) is 19.6 Å². The molecule has 4 aromatic rings. The van der Waals surface area contributed by atoms with Crippen LogP contribution in [0.4, 0.5) is 5.13 Å². The third kappa shape index (κ3) is 5.40. The zero-order chi connectivity index (χ0) is 22.6. The van der Waals surface area contributed by atoms with Gasteiger partial charge in [-0.1, -0.05) is 59.7 Å². The summed E-state index contributed by atoms with van der Waals surface area (Å²) in [4.78, 5) is 4.65. The Morgan fingerprint density at radius 1 is 0.969 bits per heavy atom. The zero-order valence-electron chi connectivity index (χ0n) is 17.5. The lowest BCUT2D eigenvalue weighted by Gasteiger charge is -2.07. The van der Waals surface area contributed by atoms with Gasteiger partial charge >= 0.3 is 10.1 Å². The highest BCUT2D eigenvalue weighted by Crippen LogP contribution is 2.25. The topological polar surface area (TPSA) is 80.7 Å². The first-order valence-corrected chi connectivity index (χ1v) is 12.1. The number of nitrogens with one attached hydrogen (secondary N) is 1. The SMILES string of the molecule is Cc1ccc(-c2csc(N/N=C\c3cccc(OS(=O)(=O)c4ccc(C)cc4)c3)n2)cc1. The van der Waals surface area contributed by atoms with E-state index in [4.69, 9.17) is 4.18 Å². The van der Waals surface area contributed by atoms with Gasteiger partial charge < -0.3 is 4.18 Å². The lowest BCUT2D eigenvalue weighted by atomic mass is 10.1. The van der Waals surface area contributed by atoms with E-state index in [0.717, 1.165) is 16.8 Å². The van der Waals surface area contributed by atoms with Crippen LogP contribution in [0.25, 0.3) is 11.3 Å². The van der Waals surface area contributed by atoms with Crippen LogP contribution in [0.2, 0.25) is 0 Å². The Labute approximate surface area is 191 Å². The second kappa shape index (κ2) is 9.33. The highest BCUT2D eigenvalue weighted by atomic mass is 32.2. The molecular formula is C24H21N3O3S2. The van der Waals surface area contributed by atoms with Gasteiger partial charge in [0.05, 0.1) is 11.9 Å². The number of rotatable bonds is 7. The molecule has 8 heteroatoms. The van der Waals surface area contributed by atoms with Gasteiger partial charge in [-0.25, -0.2) is 4.98 Å². The smallest absolute Gasteiger partial charge is 0.339 e. The standard InChI is InChI=1S/C24H21N3O3S2/c1-17-6-10-20(11-7-17)23-16-31-24(26-23)27-25-15-19-4-3-5-21(14-19)30-32(28,29)22-12-8-18(2)9-13-22/h3-16H,1-2H3,(H,26,27)/b25-15-. The van der Waals surface area contributed by atoms with Crippen LogP contribution < -0.4 is 9.61 Å². The number of hydrazone groups is 1. The van der Waals surface area contributed by atoms with E-state index < -0.39 is 10.1 Å². The Morgan fingerprint density at radius 3 is 2.38 bits per heavy atom. The number of anilines is 1. The summed E-state index contributed by atoms with van der Waals surface area (Å²) in [6.45, 7) is 3.94. The van der Waals surface area contributed by atoms with Gasteiger partial charge in [-0.3, -0.25) is 5.43 Å². The third-order valence-electron chi connectivity index (χ3n) is 4.60. The number of hydrogen-bond acceptors (Lipinski definition) is 7. The summed E-state index contributed by atoms with van der Waals surface area (Å²) in [6, 6.07) is 21.4. The molecule has 32 heavy (non-hydrogen) atoms. The van der Waals surface area contributed by atoms with Crippen LogP contribution in [0.15, 0.2) is 88.2 Å². The van der Waals surface area contributed by atoms with Crippen molar-refractivity contribution in [2.45, 2.75) is 18.7 Å². The number of aryl methyl sites for hydroxylation is 2. The second-order valence-electron chi connectivity index (χ2n) is 7.20. The fourth-order valence-corrected chi connectivity index (χ4v) is 4.46. The molecule has 0 atom stereocenters. The van der Waals surface area contributed by atoms with Crippen LogP contribution in [0.1, 0.15) is 16.7 Å². The molecule has 1 heterocycles.